The van der Waals surface area contributed by atoms with Crippen LogP contribution in [-0.4, -0.2) is 24.5 Å². The molecule has 1 amide bonds. The fourth-order valence-electron chi connectivity index (χ4n) is 2.17. The molecule has 1 atom stereocenters. The zero-order valence-corrected chi connectivity index (χ0v) is 12.3. The zero-order valence-electron chi connectivity index (χ0n) is 12.3. The summed E-state index contributed by atoms with van der Waals surface area (Å²) in [4.78, 5) is 15.0. The van der Waals surface area contributed by atoms with Crippen molar-refractivity contribution >= 4 is 16.8 Å². The smallest absolute Gasteiger partial charge is 0.222 e. The second kappa shape index (κ2) is 6.46. The highest BCUT2D eigenvalue weighted by molar-refractivity contribution is 5.84. The molecule has 1 aromatic carbocycles. The maximum atomic E-state index is 11.7. The van der Waals surface area contributed by atoms with Crippen LogP contribution < -0.4 is 10.1 Å². The molecule has 0 fully saturated rings. The molecule has 4 nitrogen and oxygen atoms in total. The first-order valence-electron chi connectivity index (χ1n) is 7.07. The lowest BCUT2D eigenvalue weighted by atomic mass is 10.1. The lowest BCUT2D eigenvalue weighted by Crippen LogP contribution is -2.30. The van der Waals surface area contributed by atoms with Crippen molar-refractivity contribution in [2.75, 3.05) is 13.7 Å². The van der Waals surface area contributed by atoms with Crippen LogP contribution in [0, 0.1) is 5.92 Å². The standard InChI is InChI=1S/C16H22N2O2/c1-4-11(2)16(19)17-8-7-12-10-18-15-6-5-13(20-3)9-14(12)15/h5-6,9-11,18H,4,7-8H2,1-3H3,(H,17,19)/t11-/m1/s1. The number of carbonyl (C=O) groups is 1. The summed E-state index contributed by atoms with van der Waals surface area (Å²) in [5.74, 6) is 1.06. The molecule has 108 valence electrons. The number of hydrogen-bond acceptors (Lipinski definition) is 2. The molecule has 4 heteroatoms. The molecule has 0 saturated carbocycles. The summed E-state index contributed by atoms with van der Waals surface area (Å²) in [6, 6.07) is 5.97. The molecule has 20 heavy (non-hydrogen) atoms. The summed E-state index contributed by atoms with van der Waals surface area (Å²) in [6.45, 7) is 4.63. The Morgan fingerprint density at radius 2 is 2.25 bits per heavy atom. The second-order valence-electron chi connectivity index (χ2n) is 5.08. The first-order chi connectivity index (χ1) is 9.65. The molecule has 0 saturated heterocycles. The monoisotopic (exact) mass is 274 g/mol. The van der Waals surface area contributed by atoms with Gasteiger partial charge in [0.15, 0.2) is 0 Å². The zero-order chi connectivity index (χ0) is 14.5. The van der Waals surface area contributed by atoms with Crippen molar-refractivity contribution < 1.29 is 9.53 Å². The SMILES string of the molecule is CC[C@@H](C)C(=O)NCCc1c[nH]c2ccc(OC)cc12. The fourth-order valence-corrected chi connectivity index (χ4v) is 2.17. The lowest BCUT2D eigenvalue weighted by Gasteiger charge is -2.09. The molecule has 2 N–H and O–H groups in total. The average Bonchev–Trinajstić information content (AvgIpc) is 2.88. The summed E-state index contributed by atoms with van der Waals surface area (Å²) in [6.07, 6.45) is 3.69. The summed E-state index contributed by atoms with van der Waals surface area (Å²) >= 11 is 0. The van der Waals surface area contributed by atoms with Crippen LogP contribution >= 0.6 is 0 Å². The third kappa shape index (κ3) is 3.13. The van der Waals surface area contributed by atoms with Gasteiger partial charge in [-0.15, -0.1) is 0 Å². The predicted molar refractivity (Wildman–Crippen MR) is 81.0 cm³/mol. The molecule has 2 rings (SSSR count). The van der Waals surface area contributed by atoms with Gasteiger partial charge in [-0.1, -0.05) is 13.8 Å². The van der Waals surface area contributed by atoms with Gasteiger partial charge in [0.2, 0.25) is 5.91 Å². The Labute approximate surface area is 119 Å². The maximum absolute atomic E-state index is 11.7. The number of amides is 1. The van der Waals surface area contributed by atoms with E-state index in [0.29, 0.717) is 6.54 Å². The van der Waals surface area contributed by atoms with Crippen LogP contribution in [0.2, 0.25) is 0 Å². The first kappa shape index (κ1) is 14.4. The summed E-state index contributed by atoms with van der Waals surface area (Å²) < 4.78 is 5.25. The van der Waals surface area contributed by atoms with E-state index >= 15 is 0 Å². The minimum absolute atomic E-state index is 0.0815. The fraction of sp³-hybridized carbons (Fsp3) is 0.438. The van der Waals surface area contributed by atoms with Gasteiger partial charge in [-0.25, -0.2) is 0 Å². The molecular formula is C16H22N2O2. The average molecular weight is 274 g/mol. The topological polar surface area (TPSA) is 54.1 Å². The minimum atomic E-state index is 0.0815. The van der Waals surface area contributed by atoms with E-state index in [1.165, 1.54) is 5.56 Å². The Balaban J connectivity index is 2.01. The maximum Gasteiger partial charge on any atom is 0.222 e. The largest absolute Gasteiger partial charge is 0.497 e. The molecule has 0 aliphatic carbocycles. The van der Waals surface area contributed by atoms with Gasteiger partial charge < -0.3 is 15.0 Å². The Morgan fingerprint density at radius 3 is 2.95 bits per heavy atom. The molecule has 0 aliphatic rings. The molecule has 0 unspecified atom stereocenters. The molecular weight excluding hydrogens is 252 g/mol. The molecule has 0 aliphatic heterocycles. The van der Waals surface area contributed by atoms with Crippen molar-refractivity contribution in [3.8, 4) is 5.75 Å². The van der Waals surface area contributed by atoms with Crippen molar-refractivity contribution in [2.24, 2.45) is 5.92 Å². The minimum Gasteiger partial charge on any atom is -0.497 e. The number of aromatic nitrogens is 1. The summed E-state index contributed by atoms with van der Waals surface area (Å²) in [5, 5.41) is 4.14. The number of fused-ring (bicyclic) bond motifs is 1. The van der Waals surface area contributed by atoms with E-state index in [9.17, 15) is 4.79 Å². The van der Waals surface area contributed by atoms with Gasteiger partial charge in [0, 0.05) is 29.6 Å². The summed E-state index contributed by atoms with van der Waals surface area (Å²) in [5.41, 5.74) is 2.29. The molecule has 1 aromatic heterocycles. The Morgan fingerprint density at radius 1 is 1.45 bits per heavy atom. The van der Waals surface area contributed by atoms with E-state index in [4.69, 9.17) is 4.74 Å². The van der Waals surface area contributed by atoms with Crippen molar-refractivity contribution in [3.63, 3.8) is 0 Å². The van der Waals surface area contributed by atoms with Crippen LogP contribution in [0.3, 0.4) is 0 Å². The van der Waals surface area contributed by atoms with Crippen LogP contribution in [0.4, 0.5) is 0 Å². The van der Waals surface area contributed by atoms with Crippen LogP contribution in [0.15, 0.2) is 24.4 Å². The number of rotatable bonds is 6. The van der Waals surface area contributed by atoms with Crippen LogP contribution in [0.25, 0.3) is 10.9 Å². The van der Waals surface area contributed by atoms with Gasteiger partial charge in [0.05, 0.1) is 7.11 Å². The molecule has 0 radical (unpaired) electrons. The third-order valence-corrected chi connectivity index (χ3v) is 3.73. The number of hydrogen-bond donors (Lipinski definition) is 2. The van der Waals surface area contributed by atoms with Gasteiger partial charge >= 0.3 is 0 Å². The lowest BCUT2D eigenvalue weighted by molar-refractivity contribution is -0.124. The van der Waals surface area contributed by atoms with Crippen molar-refractivity contribution in [3.05, 3.63) is 30.0 Å². The molecule has 1 heterocycles. The van der Waals surface area contributed by atoms with Crippen LogP contribution in [0.1, 0.15) is 25.8 Å². The van der Waals surface area contributed by atoms with Crippen LogP contribution in [-0.2, 0) is 11.2 Å². The van der Waals surface area contributed by atoms with Crippen molar-refractivity contribution in [1.82, 2.24) is 10.3 Å². The van der Waals surface area contributed by atoms with Gasteiger partial charge in [0.1, 0.15) is 5.75 Å². The molecule has 0 spiro atoms. The van der Waals surface area contributed by atoms with E-state index in [-0.39, 0.29) is 11.8 Å². The van der Waals surface area contributed by atoms with E-state index in [0.717, 1.165) is 29.5 Å². The van der Waals surface area contributed by atoms with E-state index in [1.54, 1.807) is 7.11 Å². The predicted octanol–water partition coefficient (Wildman–Crippen LogP) is 2.88. The number of H-pyrrole nitrogens is 1. The second-order valence-corrected chi connectivity index (χ2v) is 5.08. The highest BCUT2D eigenvalue weighted by Gasteiger charge is 2.10. The number of ether oxygens (including phenoxy) is 1. The van der Waals surface area contributed by atoms with E-state index < -0.39 is 0 Å². The number of methoxy groups -OCH3 is 1. The van der Waals surface area contributed by atoms with Crippen LogP contribution in [0.5, 0.6) is 5.75 Å². The number of carbonyl (C=O) groups excluding carboxylic acids is 1. The molecule has 0 bridgehead atoms. The van der Waals surface area contributed by atoms with E-state index in [1.807, 2.05) is 38.2 Å². The molecule has 2 aromatic rings. The van der Waals surface area contributed by atoms with Gasteiger partial charge in [-0.05, 0) is 36.6 Å². The normalized spacial score (nSPS) is 12.3. The highest BCUT2D eigenvalue weighted by Crippen LogP contribution is 2.23. The number of benzene rings is 1. The number of nitrogens with one attached hydrogen (secondary N) is 2. The van der Waals surface area contributed by atoms with E-state index in [2.05, 4.69) is 10.3 Å². The third-order valence-electron chi connectivity index (χ3n) is 3.73. The van der Waals surface area contributed by atoms with Gasteiger partial charge in [0.25, 0.3) is 0 Å². The highest BCUT2D eigenvalue weighted by atomic mass is 16.5. The Hall–Kier alpha value is -1.97. The van der Waals surface area contributed by atoms with Crippen molar-refractivity contribution in [2.45, 2.75) is 26.7 Å². The Bertz CT molecular complexity index is 589. The Kier molecular flexibility index (Phi) is 4.66. The first-order valence-corrected chi connectivity index (χ1v) is 7.07. The number of aromatic amines is 1. The quantitative estimate of drug-likeness (QED) is 0.851. The summed E-state index contributed by atoms with van der Waals surface area (Å²) in [7, 11) is 1.67. The van der Waals surface area contributed by atoms with Gasteiger partial charge in [-0.3, -0.25) is 4.79 Å². The van der Waals surface area contributed by atoms with Crippen molar-refractivity contribution in [1.29, 1.82) is 0 Å². The van der Waals surface area contributed by atoms with Gasteiger partial charge in [-0.2, -0.15) is 0 Å².